The quantitative estimate of drug-likeness (QED) is 0.555. The fourth-order valence-corrected chi connectivity index (χ4v) is 2.94. The molecular formula is C14H20N7O2+. The van der Waals surface area contributed by atoms with E-state index >= 15 is 0 Å². The molecule has 9 heteroatoms. The van der Waals surface area contributed by atoms with Gasteiger partial charge in [0.1, 0.15) is 0 Å². The second kappa shape index (κ2) is 5.49. The molecule has 0 aromatic carbocycles. The second-order valence-electron chi connectivity index (χ2n) is 5.74. The summed E-state index contributed by atoms with van der Waals surface area (Å²) in [6, 6.07) is 0. The van der Waals surface area contributed by atoms with Gasteiger partial charge in [0.25, 0.3) is 5.65 Å². The van der Waals surface area contributed by atoms with Crippen molar-refractivity contribution >= 4 is 11.2 Å². The lowest BCUT2D eigenvalue weighted by molar-refractivity contribution is -0.648. The van der Waals surface area contributed by atoms with E-state index in [1.807, 2.05) is 7.05 Å². The minimum Gasteiger partial charge on any atom is -0.265 e. The van der Waals surface area contributed by atoms with Gasteiger partial charge in [-0.25, -0.2) is 18.5 Å². The van der Waals surface area contributed by atoms with Crippen molar-refractivity contribution in [3.8, 4) is 0 Å². The van der Waals surface area contributed by atoms with Gasteiger partial charge in [0.05, 0.1) is 33.0 Å². The van der Waals surface area contributed by atoms with Crippen LogP contribution in [0.15, 0.2) is 22.1 Å². The Morgan fingerprint density at radius 2 is 1.96 bits per heavy atom. The lowest BCUT2D eigenvalue weighted by atomic mass is 10.2. The average molecular weight is 318 g/mol. The minimum absolute atomic E-state index is 0.259. The zero-order chi connectivity index (χ0) is 16.7. The molecule has 23 heavy (non-hydrogen) atoms. The van der Waals surface area contributed by atoms with Crippen LogP contribution >= 0.6 is 0 Å². The topological polar surface area (TPSA) is 83.5 Å². The molecule has 0 radical (unpaired) electrons. The molecule has 3 heterocycles. The highest BCUT2D eigenvalue weighted by Gasteiger charge is 2.22. The first-order valence-electron chi connectivity index (χ1n) is 7.40. The van der Waals surface area contributed by atoms with E-state index in [0.29, 0.717) is 30.6 Å². The maximum absolute atomic E-state index is 12.7. The molecule has 0 fully saturated rings. The van der Waals surface area contributed by atoms with E-state index in [1.165, 1.54) is 13.9 Å². The van der Waals surface area contributed by atoms with Gasteiger partial charge in [-0.05, 0) is 12.8 Å². The minimum atomic E-state index is -0.302. The molecule has 3 aromatic rings. The van der Waals surface area contributed by atoms with Crippen LogP contribution in [-0.4, -0.2) is 28.7 Å². The molecule has 9 nitrogen and oxygen atoms in total. The van der Waals surface area contributed by atoms with Crippen LogP contribution in [0, 0.1) is 0 Å². The van der Waals surface area contributed by atoms with Crippen molar-refractivity contribution in [3.05, 3.63) is 39.1 Å². The fraction of sp³-hybridized carbons (Fsp3) is 0.500. The Kier molecular flexibility index (Phi) is 3.63. The Morgan fingerprint density at radius 3 is 2.61 bits per heavy atom. The first-order valence-corrected chi connectivity index (χ1v) is 7.40. The van der Waals surface area contributed by atoms with Gasteiger partial charge in [0.15, 0.2) is 6.33 Å². The van der Waals surface area contributed by atoms with Crippen molar-refractivity contribution in [1.82, 2.24) is 28.7 Å². The summed E-state index contributed by atoms with van der Waals surface area (Å²) in [5.41, 5.74) is 1.43. The van der Waals surface area contributed by atoms with E-state index in [0.717, 1.165) is 5.69 Å². The van der Waals surface area contributed by atoms with Crippen LogP contribution in [0.4, 0.5) is 0 Å². The van der Waals surface area contributed by atoms with Crippen molar-refractivity contribution in [2.24, 2.45) is 28.2 Å². The predicted molar refractivity (Wildman–Crippen MR) is 82.9 cm³/mol. The van der Waals surface area contributed by atoms with Crippen LogP contribution in [0.5, 0.6) is 0 Å². The highest BCUT2D eigenvalue weighted by atomic mass is 16.2. The molecule has 0 unspecified atom stereocenters. The second-order valence-corrected chi connectivity index (χ2v) is 5.74. The first-order chi connectivity index (χ1) is 10.9. The predicted octanol–water partition coefficient (Wildman–Crippen LogP) is -1.38. The lowest BCUT2D eigenvalue weighted by Gasteiger charge is -2.05. The number of aromatic nitrogens is 7. The van der Waals surface area contributed by atoms with E-state index in [1.54, 1.807) is 42.8 Å². The maximum atomic E-state index is 12.7. The smallest absolute Gasteiger partial charge is 0.265 e. The highest BCUT2D eigenvalue weighted by molar-refractivity contribution is 5.66. The Balaban J connectivity index is 1.96. The number of imidazole rings is 1. The third kappa shape index (κ3) is 2.47. The van der Waals surface area contributed by atoms with Gasteiger partial charge in [-0.3, -0.25) is 9.36 Å². The SMILES string of the molecule is Cn1ncc(CCCn2c(=O)c3c(n(C)c2=O)[n+](C)cn3C)n1. The monoisotopic (exact) mass is 318 g/mol. The summed E-state index contributed by atoms with van der Waals surface area (Å²) in [7, 11) is 7.06. The average Bonchev–Trinajstić information content (AvgIpc) is 3.03. The first kappa shape index (κ1) is 15.2. The fourth-order valence-electron chi connectivity index (χ4n) is 2.94. The number of fused-ring (bicyclic) bond motifs is 1. The molecule has 3 rings (SSSR count). The van der Waals surface area contributed by atoms with Gasteiger partial charge in [-0.2, -0.15) is 15.0 Å². The molecule has 3 aromatic heterocycles. The third-order valence-electron chi connectivity index (χ3n) is 3.99. The van der Waals surface area contributed by atoms with Crippen molar-refractivity contribution < 1.29 is 4.57 Å². The van der Waals surface area contributed by atoms with Crippen LogP contribution in [-0.2, 0) is 41.2 Å². The Morgan fingerprint density at radius 1 is 1.22 bits per heavy atom. The van der Waals surface area contributed by atoms with Crippen molar-refractivity contribution in [3.63, 3.8) is 0 Å². The normalized spacial score (nSPS) is 11.5. The van der Waals surface area contributed by atoms with Crippen LogP contribution in [0.3, 0.4) is 0 Å². The van der Waals surface area contributed by atoms with Gasteiger partial charge in [-0.15, -0.1) is 0 Å². The summed E-state index contributed by atoms with van der Waals surface area (Å²) in [4.78, 5) is 26.6. The largest absolute Gasteiger partial charge is 0.389 e. The van der Waals surface area contributed by atoms with Crippen molar-refractivity contribution in [2.45, 2.75) is 19.4 Å². The summed E-state index contributed by atoms with van der Waals surface area (Å²) in [6.45, 7) is 0.354. The van der Waals surface area contributed by atoms with Gasteiger partial charge in [-0.1, -0.05) is 0 Å². The van der Waals surface area contributed by atoms with Crippen molar-refractivity contribution in [1.29, 1.82) is 0 Å². The van der Waals surface area contributed by atoms with E-state index in [2.05, 4.69) is 10.2 Å². The lowest BCUT2D eigenvalue weighted by Crippen LogP contribution is -2.42. The number of rotatable bonds is 4. The van der Waals surface area contributed by atoms with E-state index in [4.69, 9.17) is 0 Å². The van der Waals surface area contributed by atoms with Gasteiger partial charge >= 0.3 is 11.2 Å². The summed E-state index contributed by atoms with van der Waals surface area (Å²) < 4.78 is 6.33. The van der Waals surface area contributed by atoms with Crippen LogP contribution in [0.2, 0.25) is 0 Å². The molecule has 0 aliphatic carbocycles. The summed E-state index contributed by atoms with van der Waals surface area (Å²) in [5, 5.41) is 8.21. The zero-order valence-corrected chi connectivity index (χ0v) is 13.7. The van der Waals surface area contributed by atoms with E-state index < -0.39 is 0 Å². The Bertz CT molecular complexity index is 989. The molecule has 0 aliphatic rings. The molecule has 0 spiro atoms. The Hall–Kier alpha value is -2.71. The summed E-state index contributed by atoms with van der Waals surface area (Å²) >= 11 is 0. The molecule has 0 saturated heterocycles. The maximum Gasteiger partial charge on any atom is 0.389 e. The molecule has 0 bridgehead atoms. The standard InChI is InChI=1S/C14H20N7O2/c1-17-9-18(2)12-11(17)13(22)21(14(23)19(12)3)7-5-6-10-8-15-20(4)16-10/h8-9H,5-7H2,1-4H3/q+1. The summed E-state index contributed by atoms with van der Waals surface area (Å²) in [5.74, 6) is 0. The van der Waals surface area contributed by atoms with Crippen LogP contribution < -0.4 is 15.8 Å². The van der Waals surface area contributed by atoms with E-state index in [-0.39, 0.29) is 11.2 Å². The van der Waals surface area contributed by atoms with Crippen LogP contribution in [0.25, 0.3) is 11.2 Å². The molecule has 0 saturated carbocycles. The van der Waals surface area contributed by atoms with Gasteiger partial charge in [0.2, 0.25) is 5.52 Å². The number of hydrogen-bond donors (Lipinski definition) is 0. The molecule has 0 aliphatic heterocycles. The van der Waals surface area contributed by atoms with Gasteiger partial charge in [0, 0.05) is 13.6 Å². The molecule has 122 valence electrons. The zero-order valence-electron chi connectivity index (χ0n) is 13.7. The van der Waals surface area contributed by atoms with Gasteiger partial charge < -0.3 is 0 Å². The summed E-state index contributed by atoms with van der Waals surface area (Å²) in [6.07, 6.45) is 4.80. The van der Waals surface area contributed by atoms with Crippen molar-refractivity contribution in [2.75, 3.05) is 0 Å². The number of nitrogens with zero attached hydrogens (tertiary/aromatic N) is 7. The highest BCUT2D eigenvalue weighted by Crippen LogP contribution is 2.02. The molecule has 0 N–H and O–H groups in total. The van der Waals surface area contributed by atoms with E-state index in [9.17, 15) is 9.59 Å². The third-order valence-corrected chi connectivity index (χ3v) is 3.99. The Labute approximate surface area is 132 Å². The molecule has 0 amide bonds. The van der Waals surface area contributed by atoms with Crippen LogP contribution in [0.1, 0.15) is 12.1 Å². The number of hydrogen-bond acceptors (Lipinski definition) is 4. The molecule has 0 atom stereocenters. The molecular weight excluding hydrogens is 298 g/mol. The number of aryl methyl sites for hydroxylation is 5.